The van der Waals surface area contributed by atoms with Gasteiger partial charge in [-0.05, 0) is 17.7 Å². The van der Waals surface area contributed by atoms with Crippen molar-refractivity contribution in [3.8, 4) is 0 Å². The maximum Gasteiger partial charge on any atom is 0.281 e. The van der Waals surface area contributed by atoms with Crippen LogP contribution in [0, 0.1) is 0 Å². The van der Waals surface area contributed by atoms with Crippen LogP contribution in [0.2, 0.25) is 0 Å². The molecule has 1 fully saturated rings. The first-order chi connectivity index (χ1) is 13.7. The quantitative estimate of drug-likeness (QED) is 0.712. The van der Waals surface area contributed by atoms with Crippen LogP contribution in [-0.2, 0) is 16.0 Å². The highest BCUT2D eigenvalue weighted by molar-refractivity contribution is 7.19. The normalized spacial score (nSPS) is 15.4. The van der Waals surface area contributed by atoms with Crippen LogP contribution in [0.4, 0.5) is 0 Å². The number of pyridine rings is 1. The molecule has 1 saturated heterocycles. The Labute approximate surface area is 166 Å². The second-order valence-electron chi connectivity index (χ2n) is 6.50. The average molecular weight is 396 g/mol. The molecule has 3 aromatic rings. The number of fused-ring (bicyclic) bond motifs is 1. The summed E-state index contributed by atoms with van der Waals surface area (Å²) in [4.78, 5) is 36.9. The summed E-state index contributed by atoms with van der Waals surface area (Å²) in [7, 11) is 0. The van der Waals surface area contributed by atoms with E-state index < -0.39 is 6.04 Å². The van der Waals surface area contributed by atoms with Crippen molar-refractivity contribution in [2.45, 2.75) is 12.5 Å². The fourth-order valence-corrected chi connectivity index (χ4v) is 3.95. The predicted molar refractivity (Wildman–Crippen MR) is 106 cm³/mol. The molecule has 1 atom stereocenters. The monoisotopic (exact) mass is 396 g/mol. The molecule has 1 N–H and O–H groups in total. The van der Waals surface area contributed by atoms with Crippen molar-refractivity contribution in [1.82, 2.24) is 20.2 Å². The number of rotatable bonds is 5. The predicted octanol–water partition coefficient (Wildman–Crippen LogP) is 1.89. The molecule has 0 spiro atoms. The fourth-order valence-electron chi connectivity index (χ4n) is 3.14. The molecular weight excluding hydrogens is 376 g/mol. The number of nitrogens with one attached hydrogen (secondary N) is 1. The van der Waals surface area contributed by atoms with Gasteiger partial charge in [0, 0.05) is 25.7 Å². The maximum absolute atomic E-state index is 13.1. The number of morpholine rings is 1. The van der Waals surface area contributed by atoms with Crippen LogP contribution in [-0.4, -0.2) is 59.0 Å². The summed E-state index contributed by atoms with van der Waals surface area (Å²) < 4.78 is 5.34. The number of thiazole rings is 1. The van der Waals surface area contributed by atoms with E-state index >= 15 is 0 Å². The largest absolute Gasteiger partial charge is 0.378 e. The average Bonchev–Trinajstić information content (AvgIpc) is 3.18. The van der Waals surface area contributed by atoms with E-state index in [1.165, 1.54) is 11.3 Å². The van der Waals surface area contributed by atoms with Crippen molar-refractivity contribution in [1.29, 1.82) is 0 Å². The van der Waals surface area contributed by atoms with Gasteiger partial charge in [-0.3, -0.25) is 9.59 Å². The van der Waals surface area contributed by atoms with Gasteiger partial charge in [-0.25, -0.2) is 9.97 Å². The lowest BCUT2D eigenvalue weighted by Crippen LogP contribution is -2.52. The summed E-state index contributed by atoms with van der Waals surface area (Å²) in [6.45, 7) is 2.10. The van der Waals surface area contributed by atoms with Gasteiger partial charge in [0.25, 0.3) is 5.91 Å². The second-order valence-corrected chi connectivity index (χ2v) is 7.48. The molecule has 2 aromatic heterocycles. The fraction of sp³-hybridized carbons (Fsp3) is 0.300. The number of amides is 2. The Kier molecular flexibility index (Phi) is 5.59. The van der Waals surface area contributed by atoms with Crippen molar-refractivity contribution in [2.24, 2.45) is 0 Å². The summed E-state index contributed by atoms with van der Waals surface area (Å²) in [5.74, 6) is -0.453. The number of hydrogen-bond donors (Lipinski definition) is 1. The van der Waals surface area contributed by atoms with Gasteiger partial charge in [0.15, 0.2) is 5.01 Å². The third kappa shape index (κ3) is 4.18. The Balaban J connectivity index is 1.54. The van der Waals surface area contributed by atoms with E-state index in [0.29, 0.717) is 48.1 Å². The summed E-state index contributed by atoms with van der Waals surface area (Å²) >= 11 is 1.22. The first-order valence-electron chi connectivity index (χ1n) is 9.13. The number of carbonyl (C=O) groups excluding carboxylic acids is 2. The Morgan fingerprint density at radius 3 is 2.68 bits per heavy atom. The number of benzene rings is 1. The number of aromatic nitrogens is 2. The highest BCUT2D eigenvalue weighted by Crippen LogP contribution is 2.19. The molecule has 1 aliphatic rings. The standard InChI is InChI=1S/C20H20N4O3S/c25-17(19-23-15-7-4-8-21-18(15)28-19)22-16(13-14-5-2-1-3-6-14)20(26)24-9-11-27-12-10-24/h1-8,16H,9-13H2,(H,22,25). The number of carbonyl (C=O) groups is 2. The van der Waals surface area contributed by atoms with E-state index in [1.54, 1.807) is 17.2 Å². The second kappa shape index (κ2) is 8.45. The van der Waals surface area contributed by atoms with E-state index in [4.69, 9.17) is 4.74 Å². The zero-order valence-corrected chi connectivity index (χ0v) is 16.0. The third-order valence-electron chi connectivity index (χ3n) is 4.57. The maximum atomic E-state index is 13.1. The molecule has 144 valence electrons. The minimum atomic E-state index is -0.659. The van der Waals surface area contributed by atoms with E-state index in [-0.39, 0.29) is 11.8 Å². The lowest BCUT2D eigenvalue weighted by atomic mass is 10.0. The van der Waals surface area contributed by atoms with Gasteiger partial charge >= 0.3 is 0 Å². The smallest absolute Gasteiger partial charge is 0.281 e. The minimum absolute atomic E-state index is 0.0975. The minimum Gasteiger partial charge on any atom is -0.378 e. The zero-order chi connectivity index (χ0) is 19.3. The first kappa shape index (κ1) is 18.5. The van der Waals surface area contributed by atoms with E-state index in [0.717, 1.165) is 5.56 Å². The molecule has 0 bridgehead atoms. The molecule has 1 aliphatic heterocycles. The Morgan fingerprint density at radius 1 is 1.14 bits per heavy atom. The molecule has 7 nitrogen and oxygen atoms in total. The van der Waals surface area contributed by atoms with Crippen molar-refractivity contribution in [3.63, 3.8) is 0 Å². The molecule has 2 amide bonds. The van der Waals surface area contributed by atoms with Gasteiger partial charge in [-0.1, -0.05) is 41.7 Å². The number of ether oxygens (including phenoxy) is 1. The van der Waals surface area contributed by atoms with E-state index in [1.807, 2.05) is 36.4 Å². The Bertz CT molecular complexity index is 937. The Morgan fingerprint density at radius 2 is 1.93 bits per heavy atom. The Hall–Kier alpha value is -2.84. The third-order valence-corrected chi connectivity index (χ3v) is 5.55. The van der Waals surface area contributed by atoms with Gasteiger partial charge < -0.3 is 15.0 Å². The van der Waals surface area contributed by atoms with Gasteiger partial charge in [-0.2, -0.15) is 0 Å². The topological polar surface area (TPSA) is 84.4 Å². The number of nitrogens with zero attached hydrogens (tertiary/aromatic N) is 3. The molecule has 1 aromatic carbocycles. The molecule has 1 unspecified atom stereocenters. The highest BCUT2D eigenvalue weighted by Gasteiger charge is 2.28. The van der Waals surface area contributed by atoms with Crippen LogP contribution < -0.4 is 5.32 Å². The van der Waals surface area contributed by atoms with Crippen LogP contribution in [0.25, 0.3) is 10.3 Å². The molecule has 0 aliphatic carbocycles. The molecule has 8 heteroatoms. The summed E-state index contributed by atoms with van der Waals surface area (Å²) in [6, 6.07) is 12.6. The van der Waals surface area contributed by atoms with Crippen LogP contribution in [0.5, 0.6) is 0 Å². The van der Waals surface area contributed by atoms with Gasteiger partial charge in [0.1, 0.15) is 16.4 Å². The van der Waals surface area contributed by atoms with Crippen molar-refractivity contribution in [2.75, 3.05) is 26.3 Å². The van der Waals surface area contributed by atoms with E-state index in [9.17, 15) is 9.59 Å². The van der Waals surface area contributed by atoms with Crippen LogP contribution >= 0.6 is 11.3 Å². The molecule has 3 heterocycles. The molecular formula is C20H20N4O3S. The van der Waals surface area contributed by atoms with Gasteiger partial charge in [-0.15, -0.1) is 0 Å². The summed E-state index contributed by atoms with van der Waals surface area (Å²) in [6.07, 6.45) is 2.09. The van der Waals surface area contributed by atoms with Crippen LogP contribution in [0.3, 0.4) is 0 Å². The van der Waals surface area contributed by atoms with Crippen LogP contribution in [0.1, 0.15) is 15.4 Å². The van der Waals surface area contributed by atoms with Crippen molar-refractivity contribution >= 4 is 33.5 Å². The molecule has 0 saturated carbocycles. The highest BCUT2D eigenvalue weighted by atomic mass is 32.1. The van der Waals surface area contributed by atoms with E-state index in [2.05, 4.69) is 15.3 Å². The van der Waals surface area contributed by atoms with Crippen LogP contribution in [0.15, 0.2) is 48.7 Å². The first-order valence-corrected chi connectivity index (χ1v) is 9.95. The summed E-state index contributed by atoms with van der Waals surface area (Å²) in [5.41, 5.74) is 1.66. The van der Waals surface area contributed by atoms with Gasteiger partial charge in [0.05, 0.1) is 13.2 Å². The zero-order valence-electron chi connectivity index (χ0n) is 15.2. The molecule has 0 radical (unpaired) electrons. The lowest BCUT2D eigenvalue weighted by molar-refractivity contribution is -0.137. The van der Waals surface area contributed by atoms with Gasteiger partial charge in [0.2, 0.25) is 5.91 Å². The number of hydrogen-bond acceptors (Lipinski definition) is 6. The summed E-state index contributed by atoms with van der Waals surface area (Å²) in [5, 5.41) is 3.20. The molecule has 28 heavy (non-hydrogen) atoms. The lowest BCUT2D eigenvalue weighted by Gasteiger charge is -2.30. The van der Waals surface area contributed by atoms with Crippen molar-refractivity contribution in [3.05, 3.63) is 59.2 Å². The van der Waals surface area contributed by atoms with Crippen molar-refractivity contribution < 1.29 is 14.3 Å². The molecule has 4 rings (SSSR count). The SMILES string of the molecule is O=C(NC(Cc1ccccc1)C(=O)N1CCOCC1)c1nc2cccnc2s1.